The van der Waals surface area contributed by atoms with Crippen LogP contribution in [0.5, 0.6) is 0 Å². The Morgan fingerprint density at radius 1 is 1.23 bits per heavy atom. The van der Waals surface area contributed by atoms with Crippen LogP contribution in [0.15, 0.2) is 23.8 Å². The molecule has 31 heavy (non-hydrogen) atoms. The zero-order chi connectivity index (χ0) is 23.0. The number of carbonyl (C=O) groups is 2. The molecule has 0 saturated heterocycles. The van der Waals surface area contributed by atoms with Crippen molar-refractivity contribution in [3.05, 3.63) is 23.8 Å². The number of fused-ring (bicyclic) bond motifs is 5. The molecule has 2 N–H and O–H groups in total. The Hall–Kier alpha value is -1.35. The maximum Gasteiger partial charge on any atom is 0.356 e. The molecule has 0 aromatic heterocycles. The fourth-order valence-corrected chi connectivity index (χ4v) is 8.08. The lowest BCUT2D eigenvalue weighted by Gasteiger charge is -2.57. The quantitative estimate of drug-likeness (QED) is 0.496. The summed E-state index contributed by atoms with van der Waals surface area (Å²) in [6.07, 6.45) is 10.3. The van der Waals surface area contributed by atoms with Crippen molar-refractivity contribution in [1.82, 2.24) is 0 Å². The molecule has 7 atom stereocenters. The maximum absolute atomic E-state index is 13.2. The van der Waals surface area contributed by atoms with E-state index in [1.807, 2.05) is 13.8 Å². The third-order valence-corrected chi connectivity index (χ3v) is 9.31. The molecule has 0 heterocycles. The Bertz CT molecular complexity index is 978. The van der Waals surface area contributed by atoms with Gasteiger partial charge in [-0.2, -0.15) is 8.42 Å². The van der Waals surface area contributed by atoms with Crippen LogP contribution in [0.3, 0.4) is 0 Å². The average molecular weight is 453 g/mol. The molecule has 0 aromatic carbocycles. The van der Waals surface area contributed by atoms with Crippen molar-refractivity contribution in [3.63, 3.8) is 0 Å². The van der Waals surface area contributed by atoms with E-state index in [2.05, 4.69) is 17.2 Å². The largest absolute Gasteiger partial charge is 0.356 e. The van der Waals surface area contributed by atoms with Crippen LogP contribution in [0.25, 0.3) is 0 Å². The third kappa shape index (κ3) is 3.56. The van der Waals surface area contributed by atoms with E-state index in [0.717, 1.165) is 32.1 Å². The van der Waals surface area contributed by atoms with Crippen molar-refractivity contribution >= 4 is 21.7 Å². The molecule has 7 nitrogen and oxygen atoms in total. The van der Waals surface area contributed by atoms with Crippen LogP contribution in [0.2, 0.25) is 0 Å². The topological polar surface area (TPSA) is 118 Å². The predicted octanol–water partition coefficient (Wildman–Crippen LogP) is 2.34. The Labute approximate surface area is 183 Å². The van der Waals surface area contributed by atoms with Crippen molar-refractivity contribution < 1.29 is 32.4 Å². The summed E-state index contributed by atoms with van der Waals surface area (Å²) in [7, 11) is -4.23. The summed E-state index contributed by atoms with van der Waals surface area (Å²) in [5, 5.41) is 20.4. The molecule has 0 aromatic rings. The highest BCUT2D eigenvalue weighted by molar-refractivity contribution is 7.86. The Morgan fingerprint density at radius 3 is 2.55 bits per heavy atom. The van der Waals surface area contributed by atoms with E-state index >= 15 is 0 Å². The highest BCUT2D eigenvalue weighted by Gasteiger charge is 2.64. The molecule has 4 aliphatic carbocycles. The van der Waals surface area contributed by atoms with Crippen LogP contribution in [0.1, 0.15) is 52.9 Å². The van der Waals surface area contributed by atoms with Gasteiger partial charge in [-0.3, -0.25) is 9.59 Å². The van der Waals surface area contributed by atoms with E-state index in [1.54, 1.807) is 12.2 Å². The van der Waals surface area contributed by atoms with Gasteiger partial charge in [0.15, 0.2) is 5.78 Å². The van der Waals surface area contributed by atoms with Gasteiger partial charge in [-0.05, 0) is 73.3 Å². The van der Waals surface area contributed by atoms with E-state index in [4.69, 9.17) is 0 Å². The number of allylic oxidation sites excluding steroid dienone is 4. The molecule has 1 unspecified atom stereocenters. The summed E-state index contributed by atoms with van der Waals surface area (Å²) >= 11 is 0. The minimum absolute atomic E-state index is 0.0415. The first-order valence-corrected chi connectivity index (χ1v) is 12.8. The molecular formula is C23H32O7S. The number of hydrogen-bond acceptors (Lipinski definition) is 7. The summed E-state index contributed by atoms with van der Waals surface area (Å²) in [5.41, 5.74) is 0.552. The average Bonchev–Trinajstić information content (AvgIpc) is 2.90. The van der Waals surface area contributed by atoms with Gasteiger partial charge in [0.25, 0.3) is 10.1 Å². The van der Waals surface area contributed by atoms with E-state index < -0.39 is 33.2 Å². The number of Topliss-reactive ketones (excluding diaryl/α,β-unsaturated/α-hetero) is 1. The van der Waals surface area contributed by atoms with Crippen LogP contribution in [-0.2, 0) is 23.9 Å². The number of hydrogen-bond donors (Lipinski definition) is 2. The smallest absolute Gasteiger partial charge is 0.336 e. The minimum Gasteiger partial charge on any atom is -0.336 e. The highest BCUT2D eigenvalue weighted by Crippen LogP contribution is 2.67. The third-order valence-electron chi connectivity index (χ3n) is 8.77. The van der Waals surface area contributed by atoms with Crippen LogP contribution < -0.4 is 0 Å². The standard InChI is InChI=1S/C23H32O7S/c1-13-11-18-16-6-5-14-12-15(24)7-9-21(14,2)17(16)8-10-22(18,3)19(13)20(25)23(26,27)30-31(4,28)29/h7,9,12-13,16-19,26-27H,5-6,8,10-11H2,1-4H3/t13?,16-,17+,18+,19-,21+,22+/m1/s1. The first kappa shape index (κ1) is 22.8. The predicted molar refractivity (Wildman–Crippen MR) is 113 cm³/mol. The van der Waals surface area contributed by atoms with Crippen molar-refractivity contribution in [1.29, 1.82) is 0 Å². The molecule has 4 aliphatic rings. The van der Waals surface area contributed by atoms with Crippen molar-refractivity contribution in [2.24, 2.45) is 40.4 Å². The van der Waals surface area contributed by atoms with Gasteiger partial charge in [-0.1, -0.05) is 32.4 Å². The van der Waals surface area contributed by atoms with Gasteiger partial charge >= 0.3 is 5.97 Å². The molecule has 0 amide bonds. The van der Waals surface area contributed by atoms with E-state index in [9.17, 15) is 28.2 Å². The van der Waals surface area contributed by atoms with Gasteiger partial charge in [0.05, 0.1) is 6.26 Å². The highest BCUT2D eigenvalue weighted by atomic mass is 32.2. The van der Waals surface area contributed by atoms with Gasteiger partial charge in [-0.15, -0.1) is 0 Å². The van der Waals surface area contributed by atoms with Gasteiger partial charge in [-0.25, -0.2) is 4.18 Å². The molecule has 0 aliphatic heterocycles. The van der Waals surface area contributed by atoms with Crippen LogP contribution in [0.4, 0.5) is 0 Å². The Balaban J connectivity index is 1.65. The summed E-state index contributed by atoms with van der Waals surface area (Å²) < 4.78 is 27.3. The molecule has 4 rings (SSSR count). The molecule has 172 valence electrons. The maximum atomic E-state index is 13.2. The Kier molecular flexibility index (Phi) is 5.21. The molecule has 0 bridgehead atoms. The Morgan fingerprint density at radius 2 is 1.90 bits per heavy atom. The second kappa shape index (κ2) is 7.07. The molecule has 0 radical (unpaired) electrons. The van der Waals surface area contributed by atoms with Gasteiger partial charge in [0.2, 0.25) is 5.78 Å². The first-order chi connectivity index (χ1) is 14.2. The zero-order valence-electron chi connectivity index (χ0n) is 18.5. The van der Waals surface area contributed by atoms with Crippen molar-refractivity contribution in [3.8, 4) is 0 Å². The SMILES string of the molecule is CC1C[C@H]2[C@@H]3CCC4=CC(=O)C=C[C@]4(C)[C@H]3CC[C@]2(C)[C@H]1C(=O)C(O)(O)OS(C)(=O)=O. The zero-order valence-corrected chi connectivity index (χ0v) is 19.3. The summed E-state index contributed by atoms with van der Waals surface area (Å²) in [6, 6.07) is 0. The normalized spacial score (nSPS) is 42.5. The number of rotatable bonds is 4. The molecule has 3 saturated carbocycles. The van der Waals surface area contributed by atoms with Gasteiger partial charge < -0.3 is 10.2 Å². The second-order valence-corrected chi connectivity index (χ2v) is 12.2. The summed E-state index contributed by atoms with van der Waals surface area (Å²) in [6.45, 7) is 6.16. The number of carbonyl (C=O) groups excluding carboxylic acids is 2. The van der Waals surface area contributed by atoms with Gasteiger partial charge in [0.1, 0.15) is 0 Å². The van der Waals surface area contributed by atoms with Crippen LogP contribution >= 0.6 is 0 Å². The minimum atomic E-state index is -4.23. The number of aliphatic hydroxyl groups is 2. The van der Waals surface area contributed by atoms with E-state index in [-0.39, 0.29) is 23.0 Å². The molecule has 0 spiro atoms. The fourth-order valence-electron chi connectivity index (χ4n) is 7.57. The molecule has 8 heteroatoms. The monoisotopic (exact) mass is 452 g/mol. The number of ketones is 2. The van der Waals surface area contributed by atoms with Gasteiger partial charge in [0, 0.05) is 11.3 Å². The lowest BCUT2D eigenvalue weighted by atomic mass is 9.47. The van der Waals surface area contributed by atoms with Crippen LogP contribution in [0, 0.1) is 40.4 Å². The summed E-state index contributed by atoms with van der Waals surface area (Å²) in [5.74, 6) is -4.21. The van der Waals surface area contributed by atoms with Crippen molar-refractivity contribution in [2.45, 2.75) is 58.8 Å². The molecular weight excluding hydrogens is 420 g/mol. The van der Waals surface area contributed by atoms with E-state index in [0.29, 0.717) is 18.1 Å². The van der Waals surface area contributed by atoms with Crippen molar-refractivity contribution in [2.75, 3.05) is 6.26 Å². The summed E-state index contributed by atoms with van der Waals surface area (Å²) in [4.78, 5) is 25.1. The van der Waals surface area contributed by atoms with E-state index in [1.165, 1.54) is 5.57 Å². The second-order valence-electron chi connectivity index (χ2n) is 10.6. The molecule has 3 fully saturated rings. The lowest BCUT2D eigenvalue weighted by Crippen LogP contribution is -2.54. The first-order valence-electron chi connectivity index (χ1n) is 11.0. The lowest BCUT2D eigenvalue weighted by molar-refractivity contribution is -0.274. The van der Waals surface area contributed by atoms with Crippen LogP contribution in [-0.4, -0.2) is 42.4 Å². The fraction of sp³-hybridized carbons (Fsp3) is 0.739.